The molecule has 0 amide bonds. The van der Waals surface area contributed by atoms with Crippen LogP contribution in [-0.4, -0.2) is 4.98 Å². The fourth-order valence-corrected chi connectivity index (χ4v) is 2.12. The van der Waals surface area contributed by atoms with Gasteiger partial charge in [0.2, 0.25) is 0 Å². The number of nitrogen functional groups attached to an aromatic ring is 1. The van der Waals surface area contributed by atoms with E-state index in [2.05, 4.69) is 4.98 Å². The second-order valence-electron chi connectivity index (χ2n) is 3.46. The minimum Gasteiger partial charge on any atom is -0.396 e. The number of anilines is 1. The maximum absolute atomic E-state index is 8.92. The Hall–Kier alpha value is -1.47. The highest BCUT2D eigenvalue weighted by atomic mass is 35.5. The molecule has 90 valence electrons. The van der Waals surface area contributed by atoms with E-state index in [0.29, 0.717) is 21.8 Å². The van der Waals surface area contributed by atoms with Gasteiger partial charge in [-0.15, -0.1) is 0 Å². The Bertz CT molecular complexity index is 662. The van der Waals surface area contributed by atoms with Crippen molar-refractivity contribution in [2.45, 2.75) is 0 Å². The van der Waals surface area contributed by atoms with Gasteiger partial charge in [-0.25, -0.2) is 0 Å². The van der Waals surface area contributed by atoms with Gasteiger partial charge in [-0.3, -0.25) is 4.98 Å². The number of hydrogen-bond donors (Lipinski definition) is 1. The first-order valence-corrected chi connectivity index (χ1v) is 5.98. The standard InChI is InChI=1S/C12H6Cl3N3/c13-8-2-1-7(9(14)10(8)15)12-11(17)6(5-16)3-4-18-12/h1-4H,17H2. The van der Waals surface area contributed by atoms with Gasteiger partial charge in [0.1, 0.15) is 6.07 Å². The van der Waals surface area contributed by atoms with Crippen LogP contribution in [0.3, 0.4) is 0 Å². The summed E-state index contributed by atoms with van der Waals surface area (Å²) in [6.07, 6.45) is 1.49. The Kier molecular flexibility index (Phi) is 3.63. The number of hydrogen-bond acceptors (Lipinski definition) is 3. The molecule has 1 aromatic carbocycles. The smallest absolute Gasteiger partial charge is 0.101 e. The summed E-state index contributed by atoms with van der Waals surface area (Å²) in [5.74, 6) is 0. The summed E-state index contributed by atoms with van der Waals surface area (Å²) < 4.78 is 0. The van der Waals surface area contributed by atoms with Crippen molar-refractivity contribution in [1.29, 1.82) is 5.26 Å². The summed E-state index contributed by atoms with van der Waals surface area (Å²) in [6.45, 7) is 0. The van der Waals surface area contributed by atoms with Crippen LogP contribution in [0.2, 0.25) is 15.1 Å². The van der Waals surface area contributed by atoms with Gasteiger partial charge in [-0.2, -0.15) is 5.26 Å². The van der Waals surface area contributed by atoms with E-state index in [4.69, 9.17) is 45.8 Å². The second kappa shape index (κ2) is 5.03. The SMILES string of the molecule is N#Cc1ccnc(-c2ccc(Cl)c(Cl)c2Cl)c1N. The Morgan fingerprint density at radius 1 is 1.11 bits per heavy atom. The van der Waals surface area contributed by atoms with Crippen molar-refractivity contribution < 1.29 is 0 Å². The van der Waals surface area contributed by atoms with Crippen LogP contribution >= 0.6 is 34.8 Å². The van der Waals surface area contributed by atoms with E-state index in [1.165, 1.54) is 12.3 Å². The number of rotatable bonds is 1. The van der Waals surface area contributed by atoms with E-state index in [1.807, 2.05) is 6.07 Å². The second-order valence-corrected chi connectivity index (χ2v) is 4.62. The van der Waals surface area contributed by atoms with Gasteiger partial charge in [0.25, 0.3) is 0 Å². The molecule has 18 heavy (non-hydrogen) atoms. The molecular weight excluding hydrogens is 293 g/mol. The highest BCUT2D eigenvalue weighted by Gasteiger charge is 2.15. The fraction of sp³-hybridized carbons (Fsp3) is 0. The zero-order valence-corrected chi connectivity index (χ0v) is 11.2. The summed E-state index contributed by atoms with van der Waals surface area (Å²) in [5, 5.41) is 9.77. The largest absolute Gasteiger partial charge is 0.396 e. The van der Waals surface area contributed by atoms with E-state index in [-0.39, 0.29) is 15.7 Å². The molecule has 0 aliphatic heterocycles. The van der Waals surface area contributed by atoms with Crippen LogP contribution in [0.1, 0.15) is 5.56 Å². The van der Waals surface area contributed by atoms with Crippen LogP contribution in [0.25, 0.3) is 11.3 Å². The van der Waals surface area contributed by atoms with Gasteiger partial charge >= 0.3 is 0 Å². The molecule has 2 rings (SSSR count). The summed E-state index contributed by atoms with van der Waals surface area (Å²) in [4.78, 5) is 4.13. The predicted octanol–water partition coefficient (Wildman–Crippen LogP) is 4.16. The summed E-state index contributed by atoms with van der Waals surface area (Å²) in [6, 6.07) is 6.78. The molecule has 2 N–H and O–H groups in total. The van der Waals surface area contributed by atoms with Gasteiger partial charge < -0.3 is 5.73 Å². The normalized spacial score (nSPS) is 10.1. The Balaban J connectivity index is 2.71. The molecular formula is C12H6Cl3N3. The Morgan fingerprint density at radius 3 is 2.50 bits per heavy atom. The molecule has 0 aliphatic rings. The first kappa shape index (κ1) is 13.0. The highest BCUT2D eigenvalue weighted by Crippen LogP contribution is 2.39. The number of nitriles is 1. The molecule has 0 saturated heterocycles. The van der Waals surface area contributed by atoms with E-state index in [9.17, 15) is 0 Å². The van der Waals surface area contributed by atoms with E-state index in [0.717, 1.165) is 0 Å². The van der Waals surface area contributed by atoms with Gasteiger partial charge in [-0.1, -0.05) is 34.8 Å². The lowest BCUT2D eigenvalue weighted by Crippen LogP contribution is -1.97. The lowest BCUT2D eigenvalue weighted by atomic mass is 10.1. The molecule has 0 bridgehead atoms. The van der Waals surface area contributed by atoms with Gasteiger partial charge in [0.05, 0.1) is 32.0 Å². The van der Waals surface area contributed by atoms with E-state index >= 15 is 0 Å². The first-order chi connectivity index (χ1) is 8.56. The molecule has 1 heterocycles. The molecule has 0 atom stereocenters. The number of nitrogens with two attached hydrogens (primary N) is 1. The minimum absolute atomic E-state index is 0.236. The van der Waals surface area contributed by atoms with Crippen molar-refractivity contribution in [2.75, 3.05) is 5.73 Å². The molecule has 0 saturated carbocycles. The third kappa shape index (κ3) is 2.11. The molecule has 0 radical (unpaired) electrons. The maximum Gasteiger partial charge on any atom is 0.101 e. The van der Waals surface area contributed by atoms with Crippen molar-refractivity contribution in [3.63, 3.8) is 0 Å². The first-order valence-electron chi connectivity index (χ1n) is 4.84. The van der Waals surface area contributed by atoms with Crippen LogP contribution in [0.5, 0.6) is 0 Å². The van der Waals surface area contributed by atoms with Crippen LogP contribution in [0.4, 0.5) is 5.69 Å². The number of halogens is 3. The van der Waals surface area contributed by atoms with Crippen molar-refractivity contribution in [1.82, 2.24) is 4.98 Å². The summed E-state index contributed by atoms with van der Waals surface area (Å²) in [7, 11) is 0. The van der Waals surface area contributed by atoms with Gasteiger partial charge in [0, 0.05) is 11.8 Å². The molecule has 2 aromatic rings. The predicted molar refractivity (Wildman–Crippen MR) is 73.8 cm³/mol. The zero-order chi connectivity index (χ0) is 13.3. The number of aromatic nitrogens is 1. The zero-order valence-electron chi connectivity index (χ0n) is 8.92. The minimum atomic E-state index is 0.236. The van der Waals surface area contributed by atoms with Crippen molar-refractivity contribution in [3.8, 4) is 17.3 Å². The number of pyridine rings is 1. The molecule has 0 spiro atoms. The Morgan fingerprint density at radius 2 is 1.83 bits per heavy atom. The monoisotopic (exact) mass is 297 g/mol. The quantitative estimate of drug-likeness (QED) is 0.804. The van der Waals surface area contributed by atoms with Crippen molar-refractivity contribution >= 4 is 40.5 Å². The average molecular weight is 299 g/mol. The van der Waals surface area contributed by atoms with Crippen LogP contribution < -0.4 is 5.73 Å². The number of nitrogens with zero attached hydrogens (tertiary/aromatic N) is 2. The fourth-order valence-electron chi connectivity index (χ4n) is 1.49. The van der Waals surface area contributed by atoms with Crippen LogP contribution in [-0.2, 0) is 0 Å². The lowest BCUT2D eigenvalue weighted by molar-refractivity contribution is 1.31. The topological polar surface area (TPSA) is 62.7 Å². The summed E-state index contributed by atoms with van der Waals surface area (Å²) in [5.41, 5.74) is 7.42. The van der Waals surface area contributed by atoms with E-state index in [1.54, 1.807) is 12.1 Å². The van der Waals surface area contributed by atoms with Crippen LogP contribution in [0.15, 0.2) is 24.4 Å². The maximum atomic E-state index is 8.92. The summed E-state index contributed by atoms with van der Waals surface area (Å²) >= 11 is 17.9. The molecule has 0 unspecified atom stereocenters. The van der Waals surface area contributed by atoms with Crippen molar-refractivity contribution in [3.05, 3.63) is 45.0 Å². The van der Waals surface area contributed by atoms with Gasteiger partial charge in [-0.05, 0) is 18.2 Å². The molecule has 0 fully saturated rings. The molecule has 1 aromatic heterocycles. The molecule has 3 nitrogen and oxygen atoms in total. The third-order valence-corrected chi connectivity index (χ3v) is 3.69. The lowest BCUT2D eigenvalue weighted by Gasteiger charge is -2.09. The van der Waals surface area contributed by atoms with Crippen molar-refractivity contribution in [2.24, 2.45) is 0 Å². The highest BCUT2D eigenvalue weighted by molar-refractivity contribution is 6.49. The number of benzene rings is 1. The van der Waals surface area contributed by atoms with Crippen LogP contribution in [0, 0.1) is 11.3 Å². The average Bonchev–Trinajstić information content (AvgIpc) is 2.37. The third-order valence-electron chi connectivity index (χ3n) is 2.40. The molecule has 6 heteroatoms. The van der Waals surface area contributed by atoms with E-state index < -0.39 is 0 Å². The Labute approximate surface area is 119 Å². The molecule has 0 aliphatic carbocycles. The van der Waals surface area contributed by atoms with Gasteiger partial charge in [0.15, 0.2) is 0 Å².